The van der Waals surface area contributed by atoms with Crippen LogP contribution in [0.1, 0.15) is 18.1 Å². The zero-order valence-electron chi connectivity index (χ0n) is 14.7. The van der Waals surface area contributed by atoms with Crippen molar-refractivity contribution in [1.29, 1.82) is 0 Å². The number of hydrogen-bond donors (Lipinski definition) is 0. The lowest BCUT2D eigenvalue weighted by molar-refractivity contribution is -0.147. The fourth-order valence-corrected chi connectivity index (χ4v) is 3.19. The van der Waals surface area contributed by atoms with Gasteiger partial charge >= 0.3 is 5.97 Å². The lowest BCUT2D eigenvalue weighted by Gasteiger charge is -2.22. The standard InChI is InChI=1S/C20H20FNO4/c1-13-9-15-5-3-4-6-17(15)22(13)19(23)12-26-20(24)11-14-7-8-18(25-2)16(21)10-14/h3-8,10,13H,9,11-12H2,1-2H3/t13-/m0/s1. The normalized spacial score (nSPS) is 15.5. The quantitative estimate of drug-likeness (QED) is 0.772. The molecule has 136 valence electrons. The van der Waals surface area contributed by atoms with Crippen molar-refractivity contribution >= 4 is 17.6 Å². The summed E-state index contributed by atoms with van der Waals surface area (Å²) in [6, 6.07) is 12.0. The van der Waals surface area contributed by atoms with Crippen molar-refractivity contribution in [3.63, 3.8) is 0 Å². The summed E-state index contributed by atoms with van der Waals surface area (Å²) < 4.78 is 23.6. The van der Waals surface area contributed by atoms with Gasteiger partial charge in [-0.15, -0.1) is 0 Å². The van der Waals surface area contributed by atoms with Crippen LogP contribution >= 0.6 is 0 Å². The molecule has 0 aliphatic carbocycles. The second-order valence-electron chi connectivity index (χ2n) is 6.25. The van der Waals surface area contributed by atoms with E-state index in [0.29, 0.717) is 5.56 Å². The van der Waals surface area contributed by atoms with Crippen molar-refractivity contribution < 1.29 is 23.5 Å². The molecule has 6 heteroatoms. The minimum absolute atomic E-state index is 0.0225. The molecule has 1 atom stereocenters. The molecule has 2 aromatic carbocycles. The Morgan fingerprint density at radius 3 is 2.73 bits per heavy atom. The van der Waals surface area contributed by atoms with Gasteiger partial charge in [0.05, 0.1) is 13.5 Å². The van der Waals surface area contributed by atoms with E-state index in [1.54, 1.807) is 11.0 Å². The number of carbonyl (C=O) groups excluding carboxylic acids is 2. The minimum Gasteiger partial charge on any atom is -0.494 e. The SMILES string of the molecule is COc1ccc(CC(=O)OCC(=O)N2c3ccccc3C[C@@H]2C)cc1F. The highest BCUT2D eigenvalue weighted by molar-refractivity contribution is 5.97. The smallest absolute Gasteiger partial charge is 0.310 e. The summed E-state index contributed by atoms with van der Waals surface area (Å²) in [7, 11) is 1.37. The van der Waals surface area contributed by atoms with Crippen LogP contribution in [0.2, 0.25) is 0 Å². The van der Waals surface area contributed by atoms with Crippen LogP contribution in [-0.4, -0.2) is 31.6 Å². The number of esters is 1. The van der Waals surface area contributed by atoms with E-state index in [0.717, 1.165) is 17.7 Å². The van der Waals surface area contributed by atoms with Crippen LogP contribution < -0.4 is 9.64 Å². The van der Waals surface area contributed by atoms with Crippen molar-refractivity contribution in [1.82, 2.24) is 0 Å². The number of fused-ring (bicyclic) bond motifs is 1. The van der Waals surface area contributed by atoms with E-state index in [-0.39, 0.29) is 30.7 Å². The molecular weight excluding hydrogens is 337 g/mol. The van der Waals surface area contributed by atoms with E-state index in [4.69, 9.17) is 9.47 Å². The van der Waals surface area contributed by atoms with Crippen LogP contribution in [0, 0.1) is 5.82 Å². The molecule has 0 bridgehead atoms. The van der Waals surface area contributed by atoms with E-state index in [9.17, 15) is 14.0 Å². The molecule has 0 unspecified atom stereocenters. The summed E-state index contributed by atoms with van der Waals surface area (Å²) in [5.41, 5.74) is 2.42. The van der Waals surface area contributed by atoms with Gasteiger partial charge in [-0.05, 0) is 42.7 Å². The first-order valence-electron chi connectivity index (χ1n) is 8.37. The Hall–Kier alpha value is -2.89. The number of halogens is 1. The van der Waals surface area contributed by atoms with Crippen molar-refractivity contribution in [2.24, 2.45) is 0 Å². The molecule has 0 aromatic heterocycles. The van der Waals surface area contributed by atoms with Gasteiger partial charge in [-0.3, -0.25) is 9.59 Å². The van der Waals surface area contributed by atoms with E-state index in [2.05, 4.69) is 0 Å². The topological polar surface area (TPSA) is 55.8 Å². The fraction of sp³-hybridized carbons (Fsp3) is 0.300. The Morgan fingerprint density at radius 2 is 2.00 bits per heavy atom. The van der Waals surface area contributed by atoms with E-state index in [1.165, 1.54) is 19.2 Å². The van der Waals surface area contributed by atoms with Gasteiger partial charge in [0, 0.05) is 11.7 Å². The summed E-state index contributed by atoms with van der Waals surface area (Å²) >= 11 is 0. The third-order valence-corrected chi connectivity index (χ3v) is 4.40. The van der Waals surface area contributed by atoms with Gasteiger partial charge in [-0.1, -0.05) is 24.3 Å². The maximum absolute atomic E-state index is 13.7. The Balaban J connectivity index is 1.58. The number of rotatable bonds is 5. The molecule has 0 saturated carbocycles. The predicted molar refractivity (Wildman–Crippen MR) is 94.7 cm³/mol. The van der Waals surface area contributed by atoms with E-state index < -0.39 is 11.8 Å². The Morgan fingerprint density at radius 1 is 1.23 bits per heavy atom. The number of carbonyl (C=O) groups is 2. The number of ether oxygens (including phenoxy) is 2. The highest BCUT2D eigenvalue weighted by Crippen LogP contribution is 2.31. The lowest BCUT2D eigenvalue weighted by Crippen LogP contribution is -2.38. The number of para-hydroxylation sites is 1. The van der Waals surface area contributed by atoms with E-state index >= 15 is 0 Å². The highest BCUT2D eigenvalue weighted by atomic mass is 19.1. The van der Waals surface area contributed by atoms with Gasteiger partial charge in [-0.25, -0.2) is 4.39 Å². The summed E-state index contributed by atoms with van der Waals surface area (Å²) in [5.74, 6) is -1.28. The lowest BCUT2D eigenvalue weighted by atomic mass is 10.1. The molecule has 1 amide bonds. The zero-order chi connectivity index (χ0) is 18.7. The minimum atomic E-state index is -0.581. The van der Waals surface area contributed by atoms with Crippen LogP contribution in [0.15, 0.2) is 42.5 Å². The number of hydrogen-bond acceptors (Lipinski definition) is 4. The molecule has 1 aliphatic rings. The van der Waals surface area contributed by atoms with Crippen molar-refractivity contribution in [3.05, 3.63) is 59.4 Å². The molecule has 26 heavy (non-hydrogen) atoms. The number of benzene rings is 2. The summed E-state index contributed by atoms with van der Waals surface area (Å²) in [6.45, 7) is 1.62. The first-order valence-corrected chi connectivity index (χ1v) is 8.37. The Labute approximate surface area is 151 Å². The van der Waals surface area contributed by atoms with Gasteiger partial charge < -0.3 is 14.4 Å². The second kappa shape index (κ2) is 7.56. The van der Waals surface area contributed by atoms with Gasteiger partial charge in [0.25, 0.3) is 5.91 Å². The Kier molecular flexibility index (Phi) is 5.21. The average molecular weight is 357 g/mol. The first kappa shape index (κ1) is 17.9. The second-order valence-corrected chi connectivity index (χ2v) is 6.25. The maximum Gasteiger partial charge on any atom is 0.310 e. The zero-order valence-corrected chi connectivity index (χ0v) is 14.7. The summed E-state index contributed by atoms with van der Waals surface area (Å²) in [6.07, 6.45) is 0.668. The molecule has 0 saturated heterocycles. The average Bonchev–Trinajstić information content (AvgIpc) is 2.95. The first-order chi connectivity index (χ1) is 12.5. The molecule has 0 radical (unpaired) electrons. The Bertz CT molecular complexity index is 836. The van der Waals surface area contributed by atoms with Crippen LogP contribution in [0.3, 0.4) is 0 Å². The maximum atomic E-state index is 13.7. The monoisotopic (exact) mass is 357 g/mol. The number of amides is 1. The molecule has 5 nitrogen and oxygen atoms in total. The van der Waals surface area contributed by atoms with Gasteiger partial charge in [-0.2, -0.15) is 0 Å². The summed E-state index contributed by atoms with van der Waals surface area (Å²) in [4.78, 5) is 26.1. The molecule has 2 aromatic rings. The fourth-order valence-electron chi connectivity index (χ4n) is 3.19. The van der Waals surface area contributed by atoms with Gasteiger partial charge in [0.1, 0.15) is 0 Å². The van der Waals surface area contributed by atoms with Crippen molar-refractivity contribution in [2.75, 3.05) is 18.6 Å². The molecule has 0 fully saturated rings. The van der Waals surface area contributed by atoms with E-state index in [1.807, 2.05) is 31.2 Å². The molecule has 3 rings (SSSR count). The van der Waals surface area contributed by atoms with Crippen LogP contribution in [-0.2, 0) is 27.2 Å². The molecule has 0 spiro atoms. The number of methoxy groups -OCH3 is 1. The number of nitrogens with zero attached hydrogens (tertiary/aromatic N) is 1. The number of anilines is 1. The van der Waals surface area contributed by atoms with Gasteiger partial charge in [0.2, 0.25) is 0 Å². The third-order valence-electron chi connectivity index (χ3n) is 4.40. The van der Waals surface area contributed by atoms with Crippen molar-refractivity contribution in [2.45, 2.75) is 25.8 Å². The van der Waals surface area contributed by atoms with Gasteiger partial charge in [0.15, 0.2) is 18.2 Å². The molecule has 0 N–H and O–H groups in total. The summed E-state index contributed by atoms with van der Waals surface area (Å²) in [5, 5.41) is 0. The highest BCUT2D eigenvalue weighted by Gasteiger charge is 2.30. The molecular formula is C20H20FNO4. The van der Waals surface area contributed by atoms with Crippen LogP contribution in [0.4, 0.5) is 10.1 Å². The molecule has 1 aliphatic heterocycles. The van der Waals surface area contributed by atoms with Crippen LogP contribution in [0.25, 0.3) is 0 Å². The van der Waals surface area contributed by atoms with Crippen LogP contribution in [0.5, 0.6) is 5.75 Å². The third kappa shape index (κ3) is 3.69. The predicted octanol–water partition coefficient (Wildman–Crippen LogP) is 2.90. The van der Waals surface area contributed by atoms with Crippen molar-refractivity contribution in [3.8, 4) is 5.75 Å². The molecule has 1 heterocycles. The largest absolute Gasteiger partial charge is 0.494 e.